The maximum absolute atomic E-state index is 13.6. The molecule has 0 aromatic heterocycles. The third-order valence-electron chi connectivity index (χ3n) is 3.25. The van der Waals surface area contributed by atoms with Crippen molar-refractivity contribution >= 4 is 5.97 Å². The van der Waals surface area contributed by atoms with Gasteiger partial charge in [0.25, 0.3) is 0 Å². The molecule has 0 saturated carbocycles. The number of methoxy groups -OCH3 is 1. The topological polar surface area (TPSA) is 38.3 Å². The molecule has 2 unspecified atom stereocenters. The zero-order valence-corrected chi connectivity index (χ0v) is 9.78. The lowest BCUT2D eigenvalue weighted by atomic mass is 9.88. The molecule has 1 aliphatic heterocycles. The van der Waals surface area contributed by atoms with E-state index in [-0.39, 0.29) is 23.7 Å². The van der Waals surface area contributed by atoms with Crippen LogP contribution in [0.1, 0.15) is 24.3 Å². The Morgan fingerprint density at radius 1 is 1.41 bits per heavy atom. The van der Waals surface area contributed by atoms with Gasteiger partial charge in [-0.25, -0.2) is 4.39 Å². The predicted molar refractivity (Wildman–Crippen MR) is 62.2 cm³/mol. The molecule has 4 heteroatoms. The van der Waals surface area contributed by atoms with Gasteiger partial charge in [0.1, 0.15) is 11.9 Å². The van der Waals surface area contributed by atoms with Crippen LogP contribution >= 0.6 is 0 Å². The number of carbonyl (C=O) groups excluding carboxylic acids is 1. The Hall–Kier alpha value is -1.42. The lowest BCUT2D eigenvalue weighted by Gasteiger charge is -2.28. The Kier molecular flexibility index (Phi) is 3.74. The molecule has 1 heterocycles. The number of hydrogen-bond acceptors (Lipinski definition) is 3. The zero-order chi connectivity index (χ0) is 12.3. The number of esters is 1. The standard InChI is InChI=1S/C13H16FNO2/c1-17-13(16)12-7-6-9(8-15-12)10-4-2-3-5-11(10)14/h2-5,9,12,15H,6-8H2,1H3. The fourth-order valence-corrected chi connectivity index (χ4v) is 2.27. The molecule has 0 radical (unpaired) electrons. The van der Waals surface area contributed by atoms with Gasteiger partial charge in [-0.1, -0.05) is 18.2 Å². The van der Waals surface area contributed by atoms with E-state index in [0.717, 1.165) is 12.0 Å². The molecule has 0 spiro atoms. The fourth-order valence-electron chi connectivity index (χ4n) is 2.27. The SMILES string of the molecule is COC(=O)C1CCC(c2ccccc2F)CN1. The van der Waals surface area contributed by atoms with Gasteiger partial charge in [0.05, 0.1) is 7.11 Å². The molecule has 17 heavy (non-hydrogen) atoms. The molecule has 1 saturated heterocycles. The largest absolute Gasteiger partial charge is 0.468 e. The summed E-state index contributed by atoms with van der Waals surface area (Å²) in [7, 11) is 1.38. The maximum atomic E-state index is 13.6. The summed E-state index contributed by atoms with van der Waals surface area (Å²) in [6.45, 7) is 0.612. The minimum absolute atomic E-state index is 0.136. The molecule has 0 amide bonds. The Bertz CT molecular complexity index is 400. The second-order valence-corrected chi connectivity index (χ2v) is 4.28. The molecule has 1 N–H and O–H groups in total. The Balaban J connectivity index is 2.00. The molecule has 0 aliphatic carbocycles. The van der Waals surface area contributed by atoms with Crippen LogP contribution < -0.4 is 5.32 Å². The first-order valence-electron chi connectivity index (χ1n) is 5.78. The van der Waals surface area contributed by atoms with E-state index in [0.29, 0.717) is 13.0 Å². The molecule has 0 bridgehead atoms. The number of rotatable bonds is 2. The van der Waals surface area contributed by atoms with Crippen molar-refractivity contribution in [2.75, 3.05) is 13.7 Å². The Morgan fingerprint density at radius 3 is 2.76 bits per heavy atom. The van der Waals surface area contributed by atoms with Crippen LogP contribution in [-0.2, 0) is 9.53 Å². The van der Waals surface area contributed by atoms with Gasteiger partial charge in [-0.05, 0) is 30.4 Å². The highest BCUT2D eigenvalue weighted by Gasteiger charge is 2.27. The highest BCUT2D eigenvalue weighted by atomic mass is 19.1. The monoisotopic (exact) mass is 237 g/mol. The van der Waals surface area contributed by atoms with Crippen LogP contribution in [-0.4, -0.2) is 25.7 Å². The van der Waals surface area contributed by atoms with E-state index in [9.17, 15) is 9.18 Å². The molecular formula is C13H16FNO2. The van der Waals surface area contributed by atoms with Gasteiger partial charge in [0.2, 0.25) is 0 Å². The average molecular weight is 237 g/mol. The normalized spacial score (nSPS) is 24.4. The zero-order valence-electron chi connectivity index (χ0n) is 9.78. The van der Waals surface area contributed by atoms with Crippen molar-refractivity contribution in [2.24, 2.45) is 0 Å². The number of halogens is 1. The molecule has 1 aromatic carbocycles. The van der Waals surface area contributed by atoms with Gasteiger partial charge in [0.15, 0.2) is 0 Å². The van der Waals surface area contributed by atoms with Gasteiger partial charge < -0.3 is 10.1 Å². The van der Waals surface area contributed by atoms with E-state index >= 15 is 0 Å². The second kappa shape index (κ2) is 5.27. The van der Waals surface area contributed by atoms with E-state index < -0.39 is 0 Å². The van der Waals surface area contributed by atoms with Crippen LogP contribution in [0.2, 0.25) is 0 Å². The molecule has 2 atom stereocenters. The second-order valence-electron chi connectivity index (χ2n) is 4.28. The highest BCUT2D eigenvalue weighted by Crippen LogP contribution is 2.27. The highest BCUT2D eigenvalue weighted by molar-refractivity contribution is 5.75. The summed E-state index contributed by atoms with van der Waals surface area (Å²) in [6.07, 6.45) is 1.49. The molecule has 3 nitrogen and oxygen atoms in total. The van der Waals surface area contributed by atoms with E-state index in [1.54, 1.807) is 12.1 Å². The minimum atomic E-state index is -0.247. The van der Waals surface area contributed by atoms with Gasteiger partial charge >= 0.3 is 5.97 Å². The lowest BCUT2D eigenvalue weighted by Crippen LogP contribution is -2.43. The van der Waals surface area contributed by atoms with Crippen molar-refractivity contribution in [3.63, 3.8) is 0 Å². The fraction of sp³-hybridized carbons (Fsp3) is 0.462. The maximum Gasteiger partial charge on any atom is 0.322 e. The average Bonchev–Trinajstić information content (AvgIpc) is 2.39. The number of piperidine rings is 1. The third kappa shape index (κ3) is 2.64. The predicted octanol–water partition coefficient (Wildman–Crippen LogP) is 1.83. The van der Waals surface area contributed by atoms with E-state index in [4.69, 9.17) is 0 Å². The van der Waals surface area contributed by atoms with Gasteiger partial charge in [0, 0.05) is 6.54 Å². The summed E-state index contributed by atoms with van der Waals surface area (Å²) in [5.74, 6) is -0.273. The van der Waals surface area contributed by atoms with E-state index in [2.05, 4.69) is 10.1 Å². The van der Waals surface area contributed by atoms with E-state index in [1.165, 1.54) is 13.2 Å². The van der Waals surface area contributed by atoms with Crippen LogP contribution in [0.3, 0.4) is 0 Å². The summed E-state index contributed by atoms with van der Waals surface area (Å²) in [5, 5.41) is 3.10. The number of benzene rings is 1. The Morgan fingerprint density at radius 2 is 2.18 bits per heavy atom. The van der Waals surface area contributed by atoms with Crippen molar-refractivity contribution in [3.05, 3.63) is 35.6 Å². The molecule has 1 fully saturated rings. The first-order valence-corrected chi connectivity index (χ1v) is 5.78. The molecular weight excluding hydrogens is 221 g/mol. The van der Waals surface area contributed by atoms with E-state index in [1.807, 2.05) is 6.07 Å². The summed E-state index contributed by atoms with van der Waals surface area (Å²) in [6, 6.07) is 6.56. The summed E-state index contributed by atoms with van der Waals surface area (Å²) in [5.41, 5.74) is 0.725. The van der Waals surface area contributed by atoms with Crippen molar-refractivity contribution in [1.29, 1.82) is 0 Å². The third-order valence-corrected chi connectivity index (χ3v) is 3.25. The Labute approximate surface area is 100.0 Å². The van der Waals surface area contributed by atoms with Crippen molar-refractivity contribution in [1.82, 2.24) is 5.32 Å². The summed E-state index contributed by atoms with van der Waals surface area (Å²) >= 11 is 0. The minimum Gasteiger partial charge on any atom is -0.468 e. The molecule has 92 valence electrons. The van der Waals surface area contributed by atoms with Crippen LogP contribution in [0.15, 0.2) is 24.3 Å². The van der Waals surface area contributed by atoms with Gasteiger partial charge in [-0.15, -0.1) is 0 Å². The molecule has 1 aliphatic rings. The number of hydrogen-bond donors (Lipinski definition) is 1. The van der Waals surface area contributed by atoms with Crippen molar-refractivity contribution in [2.45, 2.75) is 24.8 Å². The van der Waals surface area contributed by atoms with Crippen molar-refractivity contribution < 1.29 is 13.9 Å². The van der Waals surface area contributed by atoms with Crippen LogP contribution in [0.4, 0.5) is 4.39 Å². The molecule has 2 rings (SSSR count). The van der Waals surface area contributed by atoms with Gasteiger partial charge in [-0.2, -0.15) is 0 Å². The first-order chi connectivity index (χ1) is 8.22. The van der Waals surface area contributed by atoms with Crippen LogP contribution in [0.5, 0.6) is 0 Å². The summed E-state index contributed by atoms with van der Waals surface area (Å²) in [4.78, 5) is 11.3. The number of carbonyl (C=O) groups is 1. The smallest absolute Gasteiger partial charge is 0.322 e. The van der Waals surface area contributed by atoms with Gasteiger partial charge in [-0.3, -0.25) is 4.79 Å². The summed E-state index contributed by atoms with van der Waals surface area (Å²) < 4.78 is 18.3. The molecule has 1 aromatic rings. The number of nitrogens with one attached hydrogen (secondary N) is 1. The number of ether oxygens (including phenoxy) is 1. The quantitative estimate of drug-likeness (QED) is 0.797. The lowest BCUT2D eigenvalue weighted by molar-refractivity contribution is -0.143. The van der Waals surface area contributed by atoms with Crippen LogP contribution in [0, 0.1) is 5.82 Å². The van der Waals surface area contributed by atoms with Crippen LogP contribution in [0.25, 0.3) is 0 Å². The van der Waals surface area contributed by atoms with Crippen molar-refractivity contribution in [3.8, 4) is 0 Å². The first kappa shape index (κ1) is 12.0.